The van der Waals surface area contributed by atoms with E-state index in [2.05, 4.69) is 5.32 Å². The first kappa shape index (κ1) is 16.0. The molecule has 112 valence electrons. The van der Waals surface area contributed by atoms with Crippen LogP contribution in [-0.4, -0.2) is 26.5 Å². The summed E-state index contributed by atoms with van der Waals surface area (Å²) in [4.78, 5) is 0. The molecule has 0 bridgehead atoms. The standard InChI is InChI=1S/C13H16Cl2FNO2S/c1-8(10-4-13(16)12(15)5-11(10)14)17-6-9-2-3-20(18,19)7-9/h4-5,8-9,17H,2-3,6-7H2,1H3. The van der Waals surface area contributed by atoms with E-state index in [1.807, 2.05) is 6.92 Å². The van der Waals surface area contributed by atoms with E-state index >= 15 is 0 Å². The molecular weight excluding hydrogens is 324 g/mol. The minimum absolute atomic E-state index is 0.00663. The van der Waals surface area contributed by atoms with Crippen molar-refractivity contribution in [3.05, 3.63) is 33.6 Å². The van der Waals surface area contributed by atoms with Gasteiger partial charge in [-0.25, -0.2) is 12.8 Å². The predicted octanol–water partition coefficient (Wildman–Crippen LogP) is 3.22. The van der Waals surface area contributed by atoms with Gasteiger partial charge in [-0.1, -0.05) is 23.2 Å². The zero-order valence-corrected chi connectivity index (χ0v) is 13.3. The first-order valence-electron chi connectivity index (χ1n) is 6.37. The van der Waals surface area contributed by atoms with Crippen molar-refractivity contribution in [2.45, 2.75) is 19.4 Å². The fourth-order valence-electron chi connectivity index (χ4n) is 2.36. The maximum atomic E-state index is 13.5. The van der Waals surface area contributed by atoms with Crippen LogP contribution in [0.15, 0.2) is 12.1 Å². The second kappa shape index (κ2) is 6.18. The Bertz CT molecular complexity index is 607. The molecule has 1 fully saturated rings. The Morgan fingerprint density at radius 2 is 2.10 bits per heavy atom. The van der Waals surface area contributed by atoms with Crippen LogP contribution in [0.2, 0.25) is 10.0 Å². The van der Waals surface area contributed by atoms with Crippen molar-refractivity contribution >= 4 is 33.0 Å². The Morgan fingerprint density at radius 1 is 1.40 bits per heavy atom. The van der Waals surface area contributed by atoms with Gasteiger partial charge in [-0.3, -0.25) is 0 Å². The van der Waals surface area contributed by atoms with Crippen molar-refractivity contribution in [2.24, 2.45) is 5.92 Å². The molecule has 1 aromatic rings. The number of rotatable bonds is 4. The van der Waals surface area contributed by atoms with E-state index < -0.39 is 15.7 Å². The van der Waals surface area contributed by atoms with Gasteiger partial charge in [0.25, 0.3) is 0 Å². The molecule has 7 heteroatoms. The van der Waals surface area contributed by atoms with Crippen molar-refractivity contribution in [2.75, 3.05) is 18.1 Å². The lowest BCUT2D eigenvalue weighted by molar-refractivity contribution is 0.475. The van der Waals surface area contributed by atoms with Gasteiger partial charge in [0, 0.05) is 11.1 Å². The van der Waals surface area contributed by atoms with E-state index in [1.165, 1.54) is 12.1 Å². The third kappa shape index (κ3) is 3.85. The Morgan fingerprint density at radius 3 is 2.70 bits per heavy atom. The van der Waals surface area contributed by atoms with Crippen LogP contribution in [0.5, 0.6) is 0 Å². The maximum Gasteiger partial charge on any atom is 0.150 e. The summed E-state index contributed by atoms with van der Waals surface area (Å²) < 4.78 is 36.2. The number of hydrogen-bond acceptors (Lipinski definition) is 3. The summed E-state index contributed by atoms with van der Waals surface area (Å²) in [6, 6.07) is 2.53. The zero-order chi connectivity index (χ0) is 14.9. The summed E-state index contributed by atoms with van der Waals surface area (Å²) in [5, 5.41) is 3.60. The van der Waals surface area contributed by atoms with Crippen molar-refractivity contribution in [3.63, 3.8) is 0 Å². The highest BCUT2D eigenvalue weighted by Crippen LogP contribution is 2.29. The topological polar surface area (TPSA) is 46.2 Å². The molecule has 2 rings (SSSR count). The first-order valence-corrected chi connectivity index (χ1v) is 8.94. The molecule has 1 aliphatic rings. The Kier molecular flexibility index (Phi) is 4.95. The SMILES string of the molecule is CC(NCC1CCS(=O)(=O)C1)c1cc(F)c(Cl)cc1Cl. The van der Waals surface area contributed by atoms with Crippen LogP contribution in [0.4, 0.5) is 4.39 Å². The van der Waals surface area contributed by atoms with Crippen molar-refractivity contribution in [1.29, 1.82) is 0 Å². The predicted molar refractivity (Wildman–Crippen MR) is 79.6 cm³/mol. The number of hydrogen-bond donors (Lipinski definition) is 1. The van der Waals surface area contributed by atoms with Crippen molar-refractivity contribution in [3.8, 4) is 0 Å². The van der Waals surface area contributed by atoms with Gasteiger partial charge < -0.3 is 5.32 Å². The second-order valence-electron chi connectivity index (χ2n) is 5.19. The van der Waals surface area contributed by atoms with Gasteiger partial charge in [0.1, 0.15) is 5.82 Å². The van der Waals surface area contributed by atoms with Gasteiger partial charge >= 0.3 is 0 Å². The van der Waals surface area contributed by atoms with Gasteiger partial charge in [0.05, 0.1) is 16.5 Å². The number of benzene rings is 1. The average Bonchev–Trinajstić information content (AvgIpc) is 2.70. The molecule has 0 aliphatic carbocycles. The van der Waals surface area contributed by atoms with Crippen LogP contribution >= 0.6 is 23.2 Å². The van der Waals surface area contributed by atoms with Gasteiger partial charge in [-0.15, -0.1) is 0 Å². The molecule has 2 unspecified atom stereocenters. The molecule has 2 atom stereocenters. The third-order valence-corrected chi connectivity index (χ3v) is 6.00. The van der Waals surface area contributed by atoms with Crippen LogP contribution in [0.25, 0.3) is 0 Å². The first-order chi connectivity index (χ1) is 9.28. The highest BCUT2D eigenvalue weighted by atomic mass is 35.5. The molecule has 1 aliphatic heterocycles. The second-order valence-corrected chi connectivity index (χ2v) is 8.23. The maximum absolute atomic E-state index is 13.5. The summed E-state index contributed by atoms with van der Waals surface area (Å²) >= 11 is 11.7. The third-order valence-electron chi connectivity index (χ3n) is 3.55. The fraction of sp³-hybridized carbons (Fsp3) is 0.538. The van der Waals surface area contributed by atoms with Crippen LogP contribution in [0, 0.1) is 11.7 Å². The van der Waals surface area contributed by atoms with Crippen LogP contribution < -0.4 is 5.32 Å². The van der Waals surface area contributed by atoms with Crippen molar-refractivity contribution < 1.29 is 12.8 Å². The largest absolute Gasteiger partial charge is 0.310 e. The van der Waals surface area contributed by atoms with Crippen LogP contribution in [0.3, 0.4) is 0 Å². The average molecular weight is 340 g/mol. The van der Waals surface area contributed by atoms with E-state index in [1.54, 1.807) is 0 Å². The quantitative estimate of drug-likeness (QED) is 0.856. The van der Waals surface area contributed by atoms with Crippen molar-refractivity contribution in [1.82, 2.24) is 5.32 Å². The van der Waals surface area contributed by atoms with Crippen LogP contribution in [-0.2, 0) is 9.84 Å². The summed E-state index contributed by atoms with van der Waals surface area (Å²) in [5.74, 6) is 0.0704. The Labute approximate surface area is 128 Å². The highest BCUT2D eigenvalue weighted by molar-refractivity contribution is 7.91. The number of nitrogens with one attached hydrogen (secondary N) is 1. The fourth-order valence-corrected chi connectivity index (χ4v) is 4.76. The lowest BCUT2D eigenvalue weighted by atomic mass is 10.1. The zero-order valence-electron chi connectivity index (χ0n) is 11.0. The summed E-state index contributed by atoms with van der Waals surface area (Å²) in [5.41, 5.74) is 0.620. The molecule has 1 heterocycles. The number of sulfone groups is 1. The smallest absolute Gasteiger partial charge is 0.150 e. The van der Waals surface area contributed by atoms with E-state index in [-0.39, 0.29) is 28.5 Å². The van der Waals surface area contributed by atoms with Gasteiger partial charge in [-0.2, -0.15) is 0 Å². The molecule has 0 aromatic heterocycles. The summed E-state index contributed by atoms with van der Waals surface area (Å²) in [6.07, 6.45) is 0.671. The monoisotopic (exact) mass is 339 g/mol. The minimum atomic E-state index is -2.87. The molecule has 0 radical (unpaired) electrons. The van der Waals surface area contributed by atoms with Gasteiger partial charge in [-0.05, 0) is 43.5 Å². The van der Waals surface area contributed by atoms with Crippen LogP contribution in [0.1, 0.15) is 24.9 Å². The Hall–Kier alpha value is -0.360. The van der Waals surface area contributed by atoms with Gasteiger partial charge in [0.15, 0.2) is 9.84 Å². The summed E-state index contributed by atoms with van der Waals surface area (Å²) in [7, 11) is -2.87. The lowest BCUT2D eigenvalue weighted by Gasteiger charge is -2.18. The van der Waals surface area contributed by atoms with E-state index in [0.717, 1.165) is 0 Å². The normalized spacial score (nSPS) is 22.9. The molecule has 0 spiro atoms. The molecule has 1 N–H and O–H groups in total. The minimum Gasteiger partial charge on any atom is -0.310 e. The highest BCUT2D eigenvalue weighted by Gasteiger charge is 2.28. The molecule has 1 saturated heterocycles. The Balaban J connectivity index is 1.99. The summed E-state index contributed by atoms with van der Waals surface area (Å²) in [6.45, 7) is 2.43. The van der Waals surface area contributed by atoms with E-state index in [9.17, 15) is 12.8 Å². The van der Waals surface area contributed by atoms with Gasteiger partial charge in [0.2, 0.25) is 0 Å². The molecular formula is C13H16Cl2FNO2S. The van der Waals surface area contributed by atoms with E-state index in [0.29, 0.717) is 23.6 Å². The lowest BCUT2D eigenvalue weighted by Crippen LogP contribution is -2.26. The molecule has 20 heavy (non-hydrogen) atoms. The molecule has 0 amide bonds. The number of halogens is 3. The molecule has 0 saturated carbocycles. The molecule has 3 nitrogen and oxygen atoms in total. The van der Waals surface area contributed by atoms with E-state index in [4.69, 9.17) is 23.2 Å². The molecule has 1 aromatic carbocycles.